The number of carbonyl (C=O) groups is 2. The standard InChI is InChI=1S/C20H30O4/c1-2-3-4-5-6-7-10-18-16(13-15-19(18)22)12-14-17(21)9-8-11-20(23)24/h6-7,12-18,21H,2-5,8-11H2,1H3,(H,23,24)/b7-6-,14-12+/t16-,17+,18-/m0/s1. The van der Waals surface area contributed by atoms with E-state index in [2.05, 4.69) is 19.1 Å². The highest BCUT2D eigenvalue weighted by atomic mass is 16.4. The van der Waals surface area contributed by atoms with E-state index in [1.54, 1.807) is 12.2 Å². The molecule has 1 rings (SSSR count). The maximum Gasteiger partial charge on any atom is 0.303 e. The first-order valence-electron chi connectivity index (χ1n) is 8.99. The van der Waals surface area contributed by atoms with Gasteiger partial charge in [0.1, 0.15) is 0 Å². The van der Waals surface area contributed by atoms with Gasteiger partial charge < -0.3 is 10.2 Å². The average molecular weight is 334 g/mol. The third kappa shape index (κ3) is 8.25. The fraction of sp³-hybridized carbons (Fsp3) is 0.600. The molecule has 24 heavy (non-hydrogen) atoms. The molecule has 134 valence electrons. The van der Waals surface area contributed by atoms with Crippen LogP contribution in [0.5, 0.6) is 0 Å². The molecule has 0 radical (unpaired) electrons. The summed E-state index contributed by atoms with van der Waals surface area (Å²) in [5.41, 5.74) is 0. The number of carboxylic acid groups (broad SMARTS) is 1. The number of hydrogen-bond acceptors (Lipinski definition) is 3. The number of carboxylic acids is 1. The number of carbonyl (C=O) groups excluding carboxylic acids is 1. The molecule has 4 heteroatoms. The number of rotatable bonds is 12. The third-order valence-electron chi connectivity index (χ3n) is 4.29. The molecule has 0 fully saturated rings. The Morgan fingerprint density at radius 3 is 2.79 bits per heavy atom. The van der Waals surface area contributed by atoms with Crippen molar-refractivity contribution in [2.75, 3.05) is 0 Å². The van der Waals surface area contributed by atoms with Crippen LogP contribution >= 0.6 is 0 Å². The van der Waals surface area contributed by atoms with Crippen molar-refractivity contribution in [1.29, 1.82) is 0 Å². The topological polar surface area (TPSA) is 74.6 Å². The van der Waals surface area contributed by atoms with Crippen LogP contribution in [0.1, 0.15) is 58.3 Å². The predicted molar refractivity (Wildman–Crippen MR) is 95.7 cm³/mol. The molecule has 0 aliphatic heterocycles. The highest BCUT2D eigenvalue weighted by molar-refractivity contribution is 5.95. The highest BCUT2D eigenvalue weighted by Crippen LogP contribution is 2.27. The van der Waals surface area contributed by atoms with Gasteiger partial charge in [-0.25, -0.2) is 0 Å². The Kier molecular flexibility index (Phi) is 10.0. The molecule has 0 aromatic heterocycles. The van der Waals surface area contributed by atoms with Crippen LogP contribution in [-0.2, 0) is 9.59 Å². The van der Waals surface area contributed by atoms with Gasteiger partial charge in [-0.05, 0) is 38.2 Å². The predicted octanol–water partition coefficient (Wildman–Crippen LogP) is 4.06. The molecule has 4 nitrogen and oxygen atoms in total. The molecule has 0 saturated carbocycles. The smallest absolute Gasteiger partial charge is 0.303 e. The number of unbranched alkanes of at least 4 members (excludes halogenated alkanes) is 3. The van der Waals surface area contributed by atoms with E-state index in [0.717, 1.165) is 12.8 Å². The summed E-state index contributed by atoms with van der Waals surface area (Å²) in [6, 6.07) is 0. The lowest BCUT2D eigenvalue weighted by atomic mass is 9.90. The molecule has 2 N–H and O–H groups in total. The summed E-state index contributed by atoms with van der Waals surface area (Å²) >= 11 is 0. The van der Waals surface area contributed by atoms with Gasteiger partial charge >= 0.3 is 5.97 Å². The molecule has 0 aromatic rings. The minimum Gasteiger partial charge on any atom is -0.481 e. The molecule has 0 amide bonds. The van der Waals surface area contributed by atoms with Crippen molar-refractivity contribution in [2.24, 2.45) is 11.8 Å². The van der Waals surface area contributed by atoms with E-state index in [4.69, 9.17) is 5.11 Å². The molecule has 0 heterocycles. The zero-order chi connectivity index (χ0) is 17.8. The zero-order valence-corrected chi connectivity index (χ0v) is 14.6. The van der Waals surface area contributed by atoms with Gasteiger partial charge in [-0.15, -0.1) is 0 Å². The van der Waals surface area contributed by atoms with E-state index >= 15 is 0 Å². The van der Waals surface area contributed by atoms with Crippen LogP contribution in [0.25, 0.3) is 0 Å². The Balaban J connectivity index is 2.39. The molecule has 0 spiro atoms. The van der Waals surface area contributed by atoms with E-state index in [0.29, 0.717) is 12.8 Å². The monoisotopic (exact) mass is 334 g/mol. The second-order valence-corrected chi connectivity index (χ2v) is 6.39. The quantitative estimate of drug-likeness (QED) is 0.417. The summed E-state index contributed by atoms with van der Waals surface area (Å²) in [5.74, 6) is -0.758. The highest BCUT2D eigenvalue weighted by Gasteiger charge is 2.27. The van der Waals surface area contributed by atoms with E-state index in [1.807, 2.05) is 12.2 Å². The summed E-state index contributed by atoms with van der Waals surface area (Å²) in [5, 5.41) is 18.5. The number of allylic oxidation sites excluding steroid dienone is 5. The lowest BCUT2D eigenvalue weighted by Crippen LogP contribution is -2.14. The summed E-state index contributed by atoms with van der Waals surface area (Å²) < 4.78 is 0. The van der Waals surface area contributed by atoms with Crippen LogP contribution in [0.4, 0.5) is 0 Å². The fourth-order valence-electron chi connectivity index (χ4n) is 2.81. The van der Waals surface area contributed by atoms with E-state index in [1.165, 1.54) is 19.3 Å². The molecular weight excluding hydrogens is 304 g/mol. The zero-order valence-electron chi connectivity index (χ0n) is 14.6. The normalized spacial score (nSPS) is 22.0. The van der Waals surface area contributed by atoms with Crippen LogP contribution in [0.2, 0.25) is 0 Å². The van der Waals surface area contributed by atoms with Crippen molar-refractivity contribution < 1.29 is 19.8 Å². The first kappa shape index (κ1) is 20.4. The minimum atomic E-state index is -0.846. The summed E-state index contributed by atoms with van der Waals surface area (Å²) in [6.07, 6.45) is 17.0. The van der Waals surface area contributed by atoms with Gasteiger partial charge in [0.25, 0.3) is 0 Å². The summed E-state index contributed by atoms with van der Waals surface area (Å²) in [7, 11) is 0. The second kappa shape index (κ2) is 11.8. The number of ketones is 1. The Hall–Kier alpha value is -1.68. The molecule has 3 atom stereocenters. The van der Waals surface area contributed by atoms with Crippen LogP contribution in [0.15, 0.2) is 36.5 Å². The first-order valence-corrected chi connectivity index (χ1v) is 8.99. The maximum atomic E-state index is 12.0. The largest absolute Gasteiger partial charge is 0.481 e. The van der Waals surface area contributed by atoms with Gasteiger partial charge in [-0.2, -0.15) is 0 Å². The van der Waals surface area contributed by atoms with Crippen molar-refractivity contribution in [3.63, 3.8) is 0 Å². The van der Waals surface area contributed by atoms with Crippen molar-refractivity contribution >= 4 is 11.8 Å². The lowest BCUT2D eigenvalue weighted by molar-refractivity contribution is -0.137. The van der Waals surface area contributed by atoms with E-state index < -0.39 is 12.1 Å². The van der Waals surface area contributed by atoms with Gasteiger partial charge in [-0.3, -0.25) is 9.59 Å². The number of hydrogen-bond donors (Lipinski definition) is 2. The Bertz CT molecular complexity index is 476. The van der Waals surface area contributed by atoms with Gasteiger partial charge in [0.15, 0.2) is 5.78 Å². The Morgan fingerprint density at radius 1 is 1.29 bits per heavy atom. The van der Waals surface area contributed by atoms with Crippen molar-refractivity contribution in [2.45, 2.75) is 64.4 Å². The lowest BCUT2D eigenvalue weighted by Gasteiger charge is -2.13. The van der Waals surface area contributed by atoms with Crippen LogP contribution in [0, 0.1) is 11.8 Å². The van der Waals surface area contributed by atoms with Crippen LogP contribution in [0.3, 0.4) is 0 Å². The van der Waals surface area contributed by atoms with Crippen LogP contribution < -0.4 is 0 Å². The van der Waals surface area contributed by atoms with Gasteiger partial charge in [0.05, 0.1) is 6.10 Å². The number of aliphatic carboxylic acids is 1. The second-order valence-electron chi connectivity index (χ2n) is 6.39. The Morgan fingerprint density at radius 2 is 2.08 bits per heavy atom. The van der Waals surface area contributed by atoms with E-state index in [9.17, 15) is 14.7 Å². The molecule has 1 aliphatic rings. The SMILES string of the molecule is CCCCC/C=C\C[C@@H]1C(=O)C=C[C@@H]1/C=C/[C@H](O)CCCC(=O)O. The van der Waals surface area contributed by atoms with E-state index in [-0.39, 0.29) is 24.0 Å². The summed E-state index contributed by atoms with van der Waals surface area (Å²) in [4.78, 5) is 22.4. The van der Waals surface area contributed by atoms with Crippen molar-refractivity contribution in [3.8, 4) is 0 Å². The van der Waals surface area contributed by atoms with Crippen molar-refractivity contribution in [3.05, 3.63) is 36.5 Å². The molecular formula is C20H30O4. The molecule has 0 unspecified atom stereocenters. The van der Waals surface area contributed by atoms with Gasteiger partial charge in [-0.1, -0.05) is 50.1 Å². The van der Waals surface area contributed by atoms with Gasteiger partial charge in [0, 0.05) is 18.3 Å². The van der Waals surface area contributed by atoms with Crippen molar-refractivity contribution in [1.82, 2.24) is 0 Å². The number of aliphatic hydroxyl groups is 1. The number of aliphatic hydroxyl groups excluding tert-OH is 1. The minimum absolute atomic E-state index is 0.0203. The molecule has 1 aliphatic carbocycles. The molecule has 0 saturated heterocycles. The summed E-state index contributed by atoms with van der Waals surface area (Å²) in [6.45, 7) is 2.18. The Labute approximate surface area is 145 Å². The molecule has 0 bridgehead atoms. The first-order chi connectivity index (χ1) is 11.5. The molecule has 0 aromatic carbocycles. The third-order valence-corrected chi connectivity index (χ3v) is 4.29. The fourth-order valence-corrected chi connectivity index (χ4v) is 2.81. The average Bonchev–Trinajstić information content (AvgIpc) is 2.89. The van der Waals surface area contributed by atoms with Crippen LogP contribution in [-0.4, -0.2) is 28.1 Å². The maximum absolute atomic E-state index is 12.0. The van der Waals surface area contributed by atoms with Gasteiger partial charge in [0.2, 0.25) is 0 Å².